The minimum absolute atomic E-state index is 0.236. The second-order valence-electron chi connectivity index (χ2n) is 11.2. The fourth-order valence-electron chi connectivity index (χ4n) is 5.80. The fraction of sp³-hybridized carbons (Fsp3) is 0.405. The third-order valence-corrected chi connectivity index (χ3v) is 8.22. The smallest absolute Gasteiger partial charge is 0.166 e. The van der Waals surface area contributed by atoms with E-state index in [2.05, 4.69) is 25.2 Å². The van der Waals surface area contributed by atoms with Crippen molar-refractivity contribution < 1.29 is 13.2 Å². The Bertz CT molecular complexity index is 1300. The number of hydrogen-bond donors (Lipinski definition) is 0. The van der Waals surface area contributed by atoms with Crippen LogP contribution in [0.3, 0.4) is 0 Å². The van der Waals surface area contributed by atoms with Gasteiger partial charge in [0, 0.05) is 11.1 Å². The lowest BCUT2D eigenvalue weighted by Crippen LogP contribution is -2.02. The highest BCUT2D eigenvalue weighted by atomic mass is 19.2. The molecule has 0 saturated heterocycles. The minimum Gasteiger partial charge on any atom is -0.206 e. The molecule has 0 saturated carbocycles. The van der Waals surface area contributed by atoms with Gasteiger partial charge in [0.05, 0.1) is 0 Å². The van der Waals surface area contributed by atoms with Gasteiger partial charge in [0.2, 0.25) is 0 Å². The molecule has 212 valence electrons. The van der Waals surface area contributed by atoms with Gasteiger partial charge in [0.15, 0.2) is 11.6 Å². The maximum absolute atomic E-state index is 15.1. The van der Waals surface area contributed by atoms with E-state index in [-0.39, 0.29) is 11.4 Å². The number of benzene rings is 3. The van der Waals surface area contributed by atoms with E-state index in [0.29, 0.717) is 34.6 Å². The predicted molar refractivity (Wildman–Crippen MR) is 164 cm³/mol. The molecule has 3 heteroatoms. The maximum Gasteiger partial charge on any atom is 0.166 e. The molecule has 0 bridgehead atoms. The highest BCUT2D eigenvalue weighted by Gasteiger charge is 2.17. The lowest BCUT2D eigenvalue weighted by molar-refractivity contribution is 0.497. The quantitative estimate of drug-likeness (QED) is 0.148. The molecule has 0 aliphatic heterocycles. The summed E-state index contributed by atoms with van der Waals surface area (Å²) >= 11 is 0. The van der Waals surface area contributed by atoms with E-state index in [1.807, 2.05) is 19.1 Å². The monoisotopic (exact) mass is 544 g/mol. The molecule has 4 rings (SSSR count). The summed E-state index contributed by atoms with van der Waals surface area (Å²) in [5.41, 5.74) is 4.61. The van der Waals surface area contributed by atoms with E-state index < -0.39 is 11.6 Å². The average Bonchev–Trinajstić information content (AvgIpc) is 2.97. The Kier molecular flexibility index (Phi) is 11.3. The molecule has 0 radical (unpaired) electrons. The molecule has 0 aromatic heterocycles. The van der Waals surface area contributed by atoms with Gasteiger partial charge in [-0.1, -0.05) is 119 Å². The molecule has 3 aromatic carbocycles. The normalized spacial score (nSPS) is 15.5. The van der Waals surface area contributed by atoms with Gasteiger partial charge in [-0.25, -0.2) is 13.2 Å². The SMILES string of the molecule is C/C=C/C1CC=C(c2ccc(-c3ccc(-c4ccc(CCCCCCCCCC)c(F)c4F)cc3)c(F)c2)CC1. The van der Waals surface area contributed by atoms with Crippen molar-refractivity contribution in [3.8, 4) is 22.3 Å². The largest absolute Gasteiger partial charge is 0.206 e. The molecule has 1 aliphatic carbocycles. The number of allylic oxidation sites excluding steroid dienone is 4. The van der Waals surface area contributed by atoms with Crippen molar-refractivity contribution in [2.75, 3.05) is 0 Å². The van der Waals surface area contributed by atoms with Crippen LogP contribution in [0.15, 0.2) is 72.8 Å². The van der Waals surface area contributed by atoms with Crippen molar-refractivity contribution in [3.05, 3.63) is 101 Å². The van der Waals surface area contributed by atoms with Gasteiger partial charge in [0.25, 0.3) is 0 Å². The summed E-state index contributed by atoms with van der Waals surface area (Å²) in [6, 6.07) is 15.8. The Morgan fingerprint density at radius 1 is 0.725 bits per heavy atom. The van der Waals surface area contributed by atoms with Crippen molar-refractivity contribution in [3.63, 3.8) is 0 Å². The Morgan fingerprint density at radius 3 is 1.98 bits per heavy atom. The number of halogens is 3. The Hall–Kier alpha value is -3.07. The summed E-state index contributed by atoms with van der Waals surface area (Å²) < 4.78 is 45.1. The Balaban J connectivity index is 1.38. The molecule has 1 atom stereocenters. The number of aryl methyl sites for hydroxylation is 1. The summed E-state index contributed by atoms with van der Waals surface area (Å²) in [6.45, 7) is 4.26. The van der Waals surface area contributed by atoms with Gasteiger partial charge in [-0.2, -0.15) is 0 Å². The van der Waals surface area contributed by atoms with Gasteiger partial charge >= 0.3 is 0 Å². The van der Waals surface area contributed by atoms with Gasteiger partial charge in [-0.05, 0) is 78.8 Å². The standard InChI is InChI=1S/C37H43F3/c1-3-5-6-7-8-9-10-11-13-31-22-25-34(37(40)36(31)39)30-20-18-29(19-21-30)33-24-23-32(26-35(33)38)28-16-14-27(12-4-2)15-17-28/h4,12,16,18-27H,3,5-11,13-15,17H2,1-2H3/b12-4+. The first-order valence-corrected chi connectivity index (χ1v) is 15.2. The zero-order chi connectivity index (χ0) is 28.3. The van der Waals surface area contributed by atoms with Crippen LogP contribution in [0.25, 0.3) is 27.8 Å². The lowest BCUT2D eigenvalue weighted by atomic mass is 9.86. The van der Waals surface area contributed by atoms with Crippen LogP contribution in [0.5, 0.6) is 0 Å². The van der Waals surface area contributed by atoms with E-state index in [0.717, 1.165) is 44.1 Å². The topological polar surface area (TPSA) is 0 Å². The van der Waals surface area contributed by atoms with Gasteiger partial charge in [0.1, 0.15) is 5.82 Å². The van der Waals surface area contributed by atoms with Crippen molar-refractivity contribution >= 4 is 5.57 Å². The van der Waals surface area contributed by atoms with Crippen LogP contribution in [-0.2, 0) is 6.42 Å². The maximum atomic E-state index is 15.1. The Labute approximate surface area is 239 Å². The molecule has 1 aliphatic rings. The number of rotatable bonds is 13. The van der Waals surface area contributed by atoms with Crippen LogP contribution in [-0.4, -0.2) is 0 Å². The second-order valence-corrected chi connectivity index (χ2v) is 11.2. The van der Waals surface area contributed by atoms with E-state index in [4.69, 9.17) is 0 Å². The average molecular weight is 545 g/mol. The van der Waals surface area contributed by atoms with Gasteiger partial charge in [-0.15, -0.1) is 0 Å². The van der Waals surface area contributed by atoms with Crippen LogP contribution >= 0.6 is 0 Å². The molecular weight excluding hydrogens is 501 g/mol. The zero-order valence-electron chi connectivity index (χ0n) is 24.1. The molecule has 0 amide bonds. The molecule has 1 unspecified atom stereocenters. The minimum atomic E-state index is -0.808. The molecular formula is C37H43F3. The summed E-state index contributed by atoms with van der Waals surface area (Å²) in [6.07, 6.45) is 19.5. The molecule has 0 fully saturated rings. The lowest BCUT2D eigenvalue weighted by Gasteiger charge is -2.20. The van der Waals surface area contributed by atoms with E-state index in [1.165, 1.54) is 37.7 Å². The summed E-state index contributed by atoms with van der Waals surface area (Å²) in [5.74, 6) is -1.26. The third-order valence-electron chi connectivity index (χ3n) is 8.22. The number of hydrogen-bond acceptors (Lipinski definition) is 0. The first-order valence-electron chi connectivity index (χ1n) is 15.2. The first kappa shape index (κ1) is 29.9. The first-order chi connectivity index (χ1) is 19.5. The fourth-order valence-corrected chi connectivity index (χ4v) is 5.80. The summed E-state index contributed by atoms with van der Waals surface area (Å²) in [5, 5.41) is 0. The summed E-state index contributed by atoms with van der Waals surface area (Å²) in [7, 11) is 0. The molecule has 0 spiro atoms. The predicted octanol–water partition coefficient (Wildman–Crippen LogP) is 11.9. The molecule has 3 aromatic rings. The highest BCUT2D eigenvalue weighted by molar-refractivity contribution is 5.74. The molecule has 0 nitrogen and oxygen atoms in total. The van der Waals surface area contributed by atoms with Crippen molar-refractivity contribution in [1.82, 2.24) is 0 Å². The van der Waals surface area contributed by atoms with E-state index >= 15 is 8.78 Å². The second kappa shape index (κ2) is 15.1. The van der Waals surface area contributed by atoms with Crippen LogP contribution in [0.2, 0.25) is 0 Å². The number of unbranched alkanes of at least 4 members (excludes halogenated alkanes) is 7. The van der Waals surface area contributed by atoms with Crippen LogP contribution in [0.4, 0.5) is 13.2 Å². The third kappa shape index (κ3) is 7.77. The van der Waals surface area contributed by atoms with E-state index in [1.54, 1.807) is 42.5 Å². The molecule has 0 heterocycles. The zero-order valence-corrected chi connectivity index (χ0v) is 24.1. The van der Waals surface area contributed by atoms with Gasteiger partial charge < -0.3 is 0 Å². The van der Waals surface area contributed by atoms with E-state index in [9.17, 15) is 4.39 Å². The van der Waals surface area contributed by atoms with Crippen LogP contribution in [0.1, 0.15) is 95.6 Å². The summed E-state index contributed by atoms with van der Waals surface area (Å²) in [4.78, 5) is 0. The van der Waals surface area contributed by atoms with Crippen LogP contribution < -0.4 is 0 Å². The highest BCUT2D eigenvalue weighted by Crippen LogP contribution is 2.34. The van der Waals surface area contributed by atoms with Gasteiger partial charge in [-0.3, -0.25) is 0 Å². The molecule has 40 heavy (non-hydrogen) atoms. The molecule has 0 N–H and O–H groups in total. The van der Waals surface area contributed by atoms with Crippen molar-refractivity contribution in [2.45, 2.75) is 90.9 Å². The van der Waals surface area contributed by atoms with Crippen LogP contribution in [0, 0.1) is 23.4 Å². The Morgan fingerprint density at radius 2 is 1.35 bits per heavy atom. The van der Waals surface area contributed by atoms with Crippen molar-refractivity contribution in [1.29, 1.82) is 0 Å². The van der Waals surface area contributed by atoms with Crippen molar-refractivity contribution in [2.24, 2.45) is 5.92 Å².